The molecule has 0 aliphatic carbocycles. The van der Waals surface area contributed by atoms with E-state index < -0.39 is 0 Å². The lowest BCUT2D eigenvalue weighted by atomic mass is 9.97. The fourth-order valence-electron chi connectivity index (χ4n) is 2.42. The first-order chi connectivity index (χ1) is 9.56. The Morgan fingerprint density at radius 2 is 1.90 bits per heavy atom. The first kappa shape index (κ1) is 15.3. The molecule has 2 rings (SSSR count). The minimum absolute atomic E-state index is 0.118. The Bertz CT molecular complexity index is 589. The van der Waals surface area contributed by atoms with E-state index in [0.717, 1.165) is 29.0 Å². The van der Waals surface area contributed by atoms with Crippen LogP contribution in [0.2, 0.25) is 0 Å². The highest BCUT2D eigenvalue weighted by atomic mass is 79.9. The standard InChI is InChI=1S/C17H22BrNO/c1-5-13-7-8-16(20-13)17(19-6-2)14-9-12(4)15(18)10-11(14)3/h7-10,17,19H,5-6H2,1-4H3. The molecule has 0 amide bonds. The van der Waals surface area contributed by atoms with E-state index in [4.69, 9.17) is 4.42 Å². The van der Waals surface area contributed by atoms with E-state index in [2.05, 4.69) is 73.2 Å². The smallest absolute Gasteiger partial charge is 0.125 e. The molecule has 2 nitrogen and oxygen atoms in total. The molecule has 2 aromatic rings. The number of halogens is 1. The number of furan rings is 1. The largest absolute Gasteiger partial charge is 0.464 e. The molecule has 1 heterocycles. The third-order valence-electron chi connectivity index (χ3n) is 3.58. The first-order valence-electron chi connectivity index (χ1n) is 7.15. The summed E-state index contributed by atoms with van der Waals surface area (Å²) in [5, 5.41) is 3.53. The van der Waals surface area contributed by atoms with Crippen molar-refractivity contribution in [2.24, 2.45) is 0 Å². The summed E-state index contributed by atoms with van der Waals surface area (Å²) < 4.78 is 7.11. The molecule has 1 N–H and O–H groups in total. The van der Waals surface area contributed by atoms with Gasteiger partial charge in [0.2, 0.25) is 0 Å². The molecule has 0 saturated heterocycles. The summed E-state index contributed by atoms with van der Waals surface area (Å²) >= 11 is 3.60. The van der Waals surface area contributed by atoms with Gasteiger partial charge < -0.3 is 9.73 Å². The van der Waals surface area contributed by atoms with Crippen LogP contribution in [0.1, 0.15) is 48.1 Å². The van der Waals surface area contributed by atoms with Crippen molar-refractivity contribution in [3.8, 4) is 0 Å². The fourth-order valence-corrected chi connectivity index (χ4v) is 2.88. The molecule has 3 heteroatoms. The Morgan fingerprint density at radius 1 is 1.15 bits per heavy atom. The molecule has 1 atom stereocenters. The third-order valence-corrected chi connectivity index (χ3v) is 4.44. The Hall–Kier alpha value is -1.06. The van der Waals surface area contributed by atoms with E-state index in [9.17, 15) is 0 Å². The predicted molar refractivity (Wildman–Crippen MR) is 87.2 cm³/mol. The second kappa shape index (κ2) is 6.59. The molecule has 1 aromatic heterocycles. The number of benzene rings is 1. The zero-order valence-corrected chi connectivity index (χ0v) is 14.2. The molecular formula is C17H22BrNO. The highest BCUT2D eigenvalue weighted by Crippen LogP contribution is 2.30. The summed E-state index contributed by atoms with van der Waals surface area (Å²) in [4.78, 5) is 0. The van der Waals surface area contributed by atoms with Gasteiger partial charge in [-0.2, -0.15) is 0 Å². The van der Waals surface area contributed by atoms with Crippen LogP contribution in [0, 0.1) is 13.8 Å². The Labute approximate surface area is 129 Å². The monoisotopic (exact) mass is 335 g/mol. The SMILES string of the molecule is CCNC(c1ccc(CC)o1)c1cc(C)c(Br)cc1C. The molecule has 0 fully saturated rings. The van der Waals surface area contributed by atoms with Crippen molar-refractivity contribution in [2.45, 2.75) is 40.2 Å². The van der Waals surface area contributed by atoms with Crippen LogP contribution in [-0.2, 0) is 6.42 Å². The van der Waals surface area contributed by atoms with Gasteiger partial charge in [-0.3, -0.25) is 0 Å². The van der Waals surface area contributed by atoms with Crippen LogP contribution >= 0.6 is 15.9 Å². The van der Waals surface area contributed by atoms with Crippen LogP contribution in [0.25, 0.3) is 0 Å². The van der Waals surface area contributed by atoms with Gasteiger partial charge in [0.15, 0.2) is 0 Å². The lowest BCUT2D eigenvalue weighted by molar-refractivity contribution is 0.425. The maximum Gasteiger partial charge on any atom is 0.125 e. The van der Waals surface area contributed by atoms with Crippen LogP contribution in [0.15, 0.2) is 33.2 Å². The summed E-state index contributed by atoms with van der Waals surface area (Å²) in [7, 11) is 0. The summed E-state index contributed by atoms with van der Waals surface area (Å²) in [6.07, 6.45) is 0.928. The highest BCUT2D eigenvalue weighted by molar-refractivity contribution is 9.10. The van der Waals surface area contributed by atoms with Crippen molar-refractivity contribution >= 4 is 15.9 Å². The number of rotatable bonds is 5. The maximum absolute atomic E-state index is 5.95. The number of hydrogen-bond acceptors (Lipinski definition) is 2. The van der Waals surface area contributed by atoms with Gasteiger partial charge in [0, 0.05) is 10.9 Å². The van der Waals surface area contributed by atoms with E-state index >= 15 is 0 Å². The summed E-state index contributed by atoms with van der Waals surface area (Å²) in [5.41, 5.74) is 3.79. The number of nitrogens with one attached hydrogen (secondary N) is 1. The van der Waals surface area contributed by atoms with E-state index in [1.807, 2.05) is 0 Å². The van der Waals surface area contributed by atoms with Crippen molar-refractivity contribution in [3.05, 3.63) is 56.9 Å². The zero-order chi connectivity index (χ0) is 14.7. The highest BCUT2D eigenvalue weighted by Gasteiger charge is 2.19. The molecule has 1 unspecified atom stereocenters. The average molecular weight is 336 g/mol. The summed E-state index contributed by atoms with van der Waals surface area (Å²) in [5.74, 6) is 2.03. The topological polar surface area (TPSA) is 25.2 Å². The van der Waals surface area contributed by atoms with Gasteiger partial charge in [-0.25, -0.2) is 0 Å². The van der Waals surface area contributed by atoms with Crippen molar-refractivity contribution in [1.82, 2.24) is 5.32 Å². The van der Waals surface area contributed by atoms with E-state index in [-0.39, 0.29) is 6.04 Å². The van der Waals surface area contributed by atoms with Gasteiger partial charge >= 0.3 is 0 Å². The van der Waals surface area contributed by atoms with Crippen molar-refractivity contribution in [3.63, 3.8) is 0 Å². The van der Waals surface area contributed by atoms with Crippen LogP contribution in [0.5, 0.6) is 0 Å². The third kappa shape index (κ3) is 3.15. The molecule has 0 bridgehead atoms. The second-order valence-electron chi connectivity index (χ2n) is 5.11. The van der Waals surface area contributed by atoms with E-state index in [1.165, 1.54) is 16.7 Å². The van der Waals surface area contributed by atoms with Crippen LogP contribution in [0.3, 0.4) is 0 Å². The number of aryl methyl sites for hydroxylation is 3. The van der Waals surface area contributed by atoms with Crippen molar-refractivity contribution in [2.75, 3.05) is 6.54 Å². The van der Waals surface area contributed by atoms with Gasteiger partial charge in [-0.15, -0.1) is 0 Å². The molecule has 0 aliphatic rings. The van der Waals surface area contributed by atoms with Crippen molar-refractivity contribution < 1.29 is 4.42 Å². The van der Waals surface area contributed by atoms with Gasteiger partial charge in [0.25, 0.3) is 0 Å². The van der Waals surface area contributed by atoms with Crippen LogP contribution in [0.4, 0.5) is 0 Å². The molecule has 0 aliphatic heterocycles. The Balaban J connectivity index is 2.45. The van der Waals surface area contributed by atoms with Gasteiger partial charge in [-0.05, 0) is 55.3 Å². The van der Waals surface area contributed by atoms with Gasteiger partial charge in [-0.1, -0.05) is 35.8 Å². The molecule has 0 saturated carbocycles. The van der Waals surface area contributed by atoms with Crippen LogP contribution < -0.4 is 5.32 Å². The van der Waals surface area contributed by atoms with Crippen molar-refractivity contribution in [1.29, 1.82) is 0 Å². The minimum Gasteiger partial charge on any atom is -0.464 e. The quantitative estimate of drug-likeness (QED) is 0.838. The molecule has 1 aromatic carbocycles. The Morgan fingerprint density at radius 3 is 2.50 bits per heavy atom. The summed E-state index contributed by atoms with van der Waals surface area (Å²) in [6, 6.07) is 8.69. The molecular weight excluding hydrogens is 314 g/mol. The van der Waals surface area contributed by atoms with E-state index in [1.54, 1.807) is 0 Å². The zero-order valence-electron chi connectivity index (χ0n) is 12.6. The minimum atomic E-state index is 0.118. The Kier molecular flexibility index (Phi) is 5.06. The molecule has 0 radical (unpaired) electrons. The predicted octanol–water partition coefficient (Wildman–Crippen LogP) is 4.92. The normalized spacial score (nSPS) is 12.7. The van der Waals surface area contributed by atoms with Crippen LogP contribution in [-0.4, -0.2) is 6.54 Å². The summed E-state index contributed by atoms with van der Waals surface area (Å²) in [6.45, 7) is 9.40. The molecule has 20 heavy (non-hydrogen) atoms. The number of hydrogen-bond donors (Lipinski definition) is 1. The lowest BCUT2D eigenvalue weighted by Crippen LogP contribution is -2.22. The molecule has 108 valence electrons. The molecule has 0 spiro atoms. The fraction of sp³-hybridized carbons (Fsp3) is 0.412. The van der Waals surface area contributed by atoms with E-state index in [0.29, 0.717) is 0 Å². The average Bonchev–Trinajstić information content (AvgIpc) is 2.89. The second-order valence-corrected chi connectivity index (χ2v) is 5.96. The van der Waals surface area contributed by atoms with Gasteiger partial charge in [0.1, 0.15) is 11.5 Å². The lowest BCUT2D eigenvalue weighted by Gasteiger charge is -2.19. The first-order valence-corrected chi connectivity index (χ1v) is 7.94. The maximum atomic E-state index is 5.95. The van der Waals surface area contributed by atoms with Gasteiger partial charge in [0.05, 0.1) is 6.04 Å².